The van der Waals surface area contributed by atoms with Gasteiger partial charge in [-0.25, -0.2) is 0 Å². The molecule has 0 aromatic heterocycles. The average Bonchev–Trinajstić information content (AvgIpc) is 2.21. The standard InChI is InChI=1S/C10H8Br2F2O2/c11-5-8(15)3-6-1-2-7(12)4-9(6)16-10(13)14/h1-2,4,10H,3,5H2. The Morgan fingerprint density at radius 1 is 1.44 bits per heavy atom. The van der Waals surface area contributed by atoms with E-state index in [4.69, 9.17) is 0 Å². The van der Waals surface area contributed by atoms with Gasteiger partial charge in [0, 0.05) is 16.5 Å². The summed E-state index contributed by atoms with van der Waals surface area (Å²) in [4.78, 5) is 11.2. The zero-order valence-corrected chi connectivity index (χ0v) is 11.2. The molecule has 16 heavy (non-hydrogen) atoms. The Balaban J connectivity index is 2.93. The van der Waals surface area contributed by atoms with E-state index in [9.17, 15) is 13.6 Å². The summed E-state index contributed by atoms with van der Waals surface area (Å²) in [7, 11) is 0. The number of Topliss-reactive ketones (excluding diaryl/α,β-unsaturated/α-hetero) is 1. The van der Waals surface area contributed by atoms with Gasteiger partial charge in [-0.2, -0.15) is 8.78 Å². The maximum atomic E-state index is 12.1. The van der Waals surface area contributed by atoms with E-state index in [1.165, 1.54) is 6.07 Å². The number of ether oxygens (including phenoxy) is 1. The van der Waals surface area contributed by atoms with Gasteiger partial charge in [0.15, 0.2) is 0 Å². The summed E-state index contributed by atoms with van der Waals surface area (Å²) in [6.45, 7) is -2.90. The van der Waals surface area contributed by atoms with Gasteiger partial charge in [0.1, 0.15) is 11.5 Å². The van der Waals surface area contributed by atoms with Crippen molar-refractivity contribution >= 4 is 37.6 Å². The zero-order valence-electron chi connectivity index (χ0n) is 8.05. The molecule has 0 unspecified atom stereocenters. The minimum atomic E-state index is -2.90. The van der Waals surface area contributed by atoms with Crippen LogP contribution in [0.2, 0.25) is 0 Å². The molecule has 0 bridgehead atoms. The predicted octanol–water partition coefficient (Wildman–Crippen LogP) is 3.56. The number of carbonyl (C=O) groups is 1. The minimum absolute atomic E-state index is 0.0266. The van der Waals surface area contributed by atoms with Crippen molar-refractivity contribution in [2.24, 2.45) is 0 Å². The van der Waals surface area contributed by atoms with Gasteiger partial charge in [-0.05, 0) is 12.1 Å². The second kappa shape index (κ2) is 6.30. The van der Waals surface area contributed by atoms with Crippen LogP contribution < -0.4 is 4.74 Å². The molecule has 0 heterocycles. The minimum Gasteiger partial charge on any atom is -0.434 e. The summed E-state index contributed by atoms with van der Waals surface area (Å²) in [5, 5.41) is 0.192. The number of benzene rings is 1. The molecule has 1 aromatic carbocycles. The van der Waals surface area contributed by atoms with Crippen LogP contribution in [0, 0.1) is 0 Å². The lowest BCUT2D eigenvalue weighted by Gasteiger charge is -2.10. The smallest absolute Gasteiger partial charge is 0.387 e. The van der Waals surface area contributed by atoms with Crippen LogP contribution in [0.1, 0.15) is 5.56 Å². The molecule has 0 fully saturated rings. The van der Waals surface area contributed by atoms with Crippen LogP contribution in [0.4, 0.5) is 8.78 Å². The first kappa shape index (κ1) is 13.6. The fraction of sp³-hybridized carbons (Fsp3) is 0.300. The first-order valence-electron chi connectivity index (χ1n) is 4.34. The molecule has 0 aliphatic carbocycles. The highest BCUT2D eigenvalue weighted by molar-refractivity contribution is 9.10. The fourth-order valence-electron chi connectivity index (χ4n) is 1.14. The molecule has 88 valence electrons. The molecule has 0 N–H and O–H groups in total. The van der Waals surface area contributed by atoms with E-state index in [0.29, 0.717) is 10.0 Å². The molecular formula is C10H8Br2F2O2. The molecule has 2 nitrogen and oxygen atoms in total. The van der Waals surface area contributed by atoms with Crippen molar-refractivity contribution in [3.8, 4) is 5.75 Å². The predicted molar refractivity (Wildman–Crippen MR) is 63.3 cm³/mol. The topological polar surface area (TPSA) is 26.3 Å². The lowest BCUT2D eigenvalue weighted by molar-refractivity contribution is -0.116. The summed E-state index contributed by atoms with van der Waals surface area (Å²) in [5.41, 5.74) is 0.452. The Bertz CT molecular complexity index is 383. The number of hydrogen-bond acceptors (Lipinski definition) is 2. The van der Waals surface area contributed by atoms with Gasteiger partial charge in [0.2, 0.25) is 0 Å². The molecule has 0 saturated heterocycles. The van der Waals surface area contributed by atoms with Crippen molar-refractivity contribution in [3.63, 3.8) is 0 Å². The van der Waals surface area contributed by atoms with Crippen molar-refractivity contribution in [2.75, 3.05) is 5.33 Å². The third kappa shape index (κ3) is 4.17. The Morgan fingerprint density at radius 2 is 2.12 bits per heavy atom. The molecule has 0 aliphatic heterocycles. The Labute approximate surface area is 108 Å². The number of halogens is 4. The summed E-state index contributed by atoms with van der Waals surface area (Å²) in [6, 6.07) is 4.68. The highest BCUT2D eigenvalue weighted by Gasteiger charge is 2.12. The third-order valence-electron chi connectivity index (χ3n) is 1.78. The second-order valence-corrected chi connectivity index (χ2v) is 4.46. The molecule has 6 heteroatoms. The summed E-state index contributed by atoms with van der Waals surface area (Å²) >= 11 is 6.16. The van der Waals surface area contributed by atoms with Gasteiger partial charge < -0.3 is 4.74 Å². The van der Waals surface area contributed by atoms with Gasteiger partial charge in [-0.15, -0.1) is 0 Å². The van der Waals surface area contributed by atoms with Crippen molar-refractivity contribution in [2.45, 2.75) is 13.0 Å². The van der Waals surface area contributed by atoms with Crippen LogP contribution in [-0.4, -0.2) is 17.7 Å². The molecule has 0 aliphatic rings. The average molecular weight is 358 g/mol. The molecule has 0 radical (unpaired) electrons. The number of hydrogen-bond donors (Lipinski definition) is 0. The summed E-state index contributed by atoms with van der Waals surface area (Å²) < 4.78 is 29.2. The van der Waals surface area contributed by atoms with E-state index in [1.54, 1.807) is 12.1 Å². The van der Waals surface area contributed by atoms with E-state index in [1.807, 2.05) is 0 Å². The van der Waals surface area contributed by atoms with E-state index in [0.717, 1.165) is 0 Å². The van der Waals surface area contributed by atoms with Gasteiger partial charge in [0.05, 0.1) is 5.33 Å². The molecule has 0 amide bonds. The van der Waals surface area contributed by atoms with E-state index >= 15 is 0 Å². The Kier molecular flexibility index (Phi) is 5.34. The lowest BCUT2D eigenvalue weighted by Crippen LogP contribution is -2.08. The quantitative estimate of drug-likeness (QED) is 0.753. The van der Waals surface area contributed by atoms with Crippen molar-refractivity contribution in [3.05, 3.63) is 28.2 Å². The van der Waals surface area contributed by atoms with Gasteiger partial charge in [-0.1, -0.05) is 37.9 Å². The monoisotopic (exact) mass is 356 g/mol. The number of carbonyl (C=O) groups excluding carboxylic acids is 1. The maximum absolute atomic E-state index is 12.1. The van der Waals surface area contributed by atoms with Crippen LogP contribution in [-0.2, 0) is 11.2 Å². The highest BCUT2D eigenvalue weighted by Crippen LogP contribution is 2.26. The van der Waals surface area contributed by atoms with Crippen LogP contribution in [0.25, 0.3) is 0 Å². The van der Waals surface area contributed by atoms with E-state index < -0.39 is 6.61 Å². The summed E-state index contributed by atoms with van der Waals surface area (Å²) in [5.74, 6) is -0.0693. The van der Waals surface area contributed by atoms with Crippen LogP contribution in [0.3, 0.4) is 0 Å². The third-order valence-corrected chi connectivity index (χ3v) is 2.90. The van der Waals surface area contributed by atoms with Gasteiger partial charge >= 0.3 is 6.61 Å². The second-order valence-electron chi connectivity index (χ2n) is 2.98. The fourth-order valence-corrected chi connectivity index (χ4v) is 1.68. The van der Waals surface area contributed by atoms with Crippen LogP contribution >= 0.6 is 31.9 Å². The van der Waals surface area contributed by atoms with E-state index in [2.05, 4.69) is 36.6 Å². The SMILES string of the molecule is O=C(CBr)Cc1ccc(Br)cc1OC(F)F. The molecule has 0 atom stereocenters. The molecule has 0 spiro atoms. The molecule has 0 saturated carbocycles. The normalized spacial score (nSPS) is 10.6. The first-order valence-corrected chi connectivity index (χ1v) is 6.25. The molecule has 1 rings (SSSR count). The molecule has 1 aromatic rings. The zero-order chi connectivity index (χ0) is 12.1. The first-order chi connectivity index (χ1) is 7.52. The largest absolute Gasteiger partial charge is 0.434 e. The van der Waals surface area contributed by atoms with Gasteiger partial charge in [-0.3, -0.25) is 4.79 Å². The van der Waals surface area contributed by atoms with Gasteiger partial charge in [0.25, 0.3) is 0 Å². The lowest BCUT2D eigenvalue weighted by atomic mass is 10.1. The highest BCUT2D eigenvalue weighted by atomic mass is 79.9. The molecular weight excluding hydrogens is 350 g/mol. The van der Waals surface area contributed by atoms with Crippen molar-refractivity contribution in [1.82, 2.24) is 0 Å². The maximum Gasteiger partial charge on any atom is 0.387 e. The number of rotatable bonds is 5. The van der Waals surface area contributed by atoms with Crippen LogP contribution in [0.15, 0.2) is 22.7 Å². The van der Waals surface area contributed by atoms with Crippen molar-refractivity contribution in [1.29, 1.82) is 0 Å². The number of alkyl halides is 3. The summed E-state index contributed by atoms with van der Waals surface area (Å²) in [6.07, 6.45) is 0.0700. The Morgan fingerprint density at radius 3 is 2.69 bits per heavy atom. The number of ketones is 1. The van der Waals surface area contributed by atoms with Crippen molar-refractivity contribution < 1.29 is 18.3 Å². The van der Waals surface area contributed by atoms with E-state index in [-0.39, 0.29) is 23.3 Å². The van der Waals surface area contributed by atoms with Crippen LogP contribution in [0.5, 0.6) is 5.75 Å². The Hall–Kier alpha value is -0.490.